The molecule has 3 nitrogen and oxygen atoms in total. The molecule has 19 heavy (non-hydrogen) atoms. The lowest BCUT2D eigenvalue weighted by Gasteiger charge is -2.18. The van der Waals surface area contributed by atoms with Crippen LogP contribution in [0.15, 0.2) is 30.3 Å². The van der Waals surface area contributed by atoms with Crippen molar-refractivity contribution < 1.29 is 4.79 Å². The number of rotatable bonds is 7. The van der Waals surface area contributed by atoms with Gasteiger partial charge in [-0.15, -0.1) is 12.4 Å². The van der Waals surface area contributed by atoms with E-state index in [1.807, 2.05) is 32.2 Å². The van der Waals surface area contributed by atoms with Crippen molar-refractivity contribution >= 4 is 18.3 Å². The molecule has 2 N–H and O–H groups in total. The zero-order valence-corrected chi connectivity index (χ0v) is 12.8. The minimum absolute atomic E-state index is 0. The molecule has 108 valence electrons. The van der Waals surface area contributed by atoms with E-state index in [2.05, 4.69) is 29.7 Å². The molecule has 0 saturated heterocycles. The number of nitrogens with one attached hydrogen (secondary N) is 2. The summed E-state index contributed by atoms with van der Waals surface area (Å²) in [4.78, 5) is 11.8. The summed E-state index contributed by atoms with van der Waals surface area (Å²) < 4.78 is 0. The molecule has 0 spiro atoms. The first-order chi connectivity index (χ1) is 8.69. The largest absolute Gasteiger partial charge is 0.355 e. The van der Waals surface area contributed by atoms with Gasteiger partial charge >= 0.3 is 0 Å². The van der Waals surface area contributed by atoms with E-state index in [-0.39, 0.29) is 24.2 Å². The Morgan fingerprint density at radius 3 is 2.37 bits per heavy atom. The van der Waals surface area contributed by atoms with E-state index in [0.29, 0.717) is 19.0 Å². The predicted octanol–water partition coefficient (Wildman–Crippen LogP) is 2.57. The molecule has 2 atom stereocenters. The van der Waals surface area contributed by atoms with Crippen molar-refractivity contribution in [1.82, 2.24) is 10.6 Å². The highest BCUT2D eigenvalue weighted by Gasteiger charge is 2.14. The Labute approximate surface area is 122 Å². The van der Waals surface area contributed by atoms with Crippen LogP contribution in [0, 0.1) is 5.92 Å². The second kappa shape index (κ2) is 9.82. The van der Waals surface area contributed by atoms with E-state index in [0.717, 1.165) is 6.42 Å². The first-order valence-corrected chi connectivity index (χ1v) is 6.66. The van der Waals surface area contributed by atoms with Crippen LogP contribution in [0.4, 0.5) is 0 Å². The van der Waals surface area contributed by atoms with Crippen molar-refractivity contribution in [2.75, 3.05) is 20.1 Å². The molecule has 0 aliphatic carbocycles. The summed E-state index contributed by atoms with van der Waals surface area (Å²) in [5.41, 5.74) is 1.29. The molecule has 0 aliphatic rings. The number of benzene rings is 1. The number of halogens is 1. The molecule has 1 aromatic carbocycles. The Morgan fingerprint density at radius 2 is 1.84 bits per heavy atom. The van der Waals surface area contributed by atoms with E-state index in [9.17, 15) is 4.79 Å². The van der Waals surface area contributed by atoms with Crippen molar-refractivity contribution in [3.8, 4) is 0 Å². The molecule has 0 aliphatic heterocycles. The van der Waals surface area contributed by atoms with Crippen LogP contribution in [-0.4, -0.2) is 26.0 Å². The third-order valence-corrected chi connectivity index (χ3v) is 3.24. The smallest absolute Gasteiger partial charge is 0.224 e. The van der Waals surface area contributed by atoms with Crippen LogP contribution in [0.5, 0.6) is 0 Å². The molecule has 0 saturated carbocycles. The molecule has 1 rings (SSSR count). The van der Waals surface area contributed by atoms with Gasteiger partial charge in [-0.3, -0.25) is 4.79 Å². The summed E-state index contributed by atoms with van der Waals surface area (Å²) in [5.74, 6) is 0.541. The first kappa shape index (κ1) is 17.9. The van der Waals surface area contributed by atoms with Crippen LogP contribution < -0.4 is 10.6 Å². The molecule has 4 heteroatoms. The molecule has 0 heterocycles. The van der Waals surface area contributed by atoms with Gasteiger partial charge in [0.05, 0.1) is 0 Å². The lowest BCUT2D eigenvalue weighted by Crippen LogP contribution is -2.36. The van der Waals surface area contributed by atoms with Crippen molar-refractivity contribution in [2.45, 2.75) is 26.2 Å². The third kappa shape index (κ3) is 6.08. The molecule has 1 aromatic rings. The Balaban J connectivity index is 0.00000324. The highest BCUT2D eigenvalue weighted by atomic mass is 35.5. The van der Waals surface area contributed by atoms with Crippen LogP contribution >= 0.6 is 12.4 Å². The van der Waals surface area contributed by atoms with E-state index >= 15 is 0 Å². The van der Waals surface area contributed by atoms with E-state index in [4.69, 9.17) is 0 Å². The zero-order chi connectivity index (χ0) is 13.4. The summed E-state index contributed by atoms with van der Waals surface area (Å²) in [5, 5.41) is 6.06. The molecule has 0 aromatic heterocycles. The van der Waals surface area contributed by atoms with E-state index in [1.165, 1.54) is 5.56 Å². The van der Waals surface area contributed by atoms with Gasteiger partial charge in [0.15, 0.2) is 0 Å². The summed E-state index contributed by atoms with van der Waals surface area (Å²) in [6, 6.07) is 10.4. The monoisotopic (exact) mass is 284 g/mol. The Hall–Kier alpha value is -1.06. The van der Waals surface area contributed by atoms with Crippen LogP contribution in [0.1, 0.15) is 31.7 Å². The highest BCUT2D eigenvalue weighted by molar-refractivity contribution is 5.85. The second-order valence-electron chi connectivity index (χ2n) is 4.72. The van der Waals surface area contributed by atoms with Crippen LogP contribution in [-0.2, 0) is 4.79 Å². The quantitative estimate of drug-likeness (QED) is 0.808. The summed E-state index contributed by atoms with van der Waals surface area (Å²) >= 11 is 0. The minimum atomic E-state index is 0. The van der Waals surface area contributed by atoms with Gasteiger partial charge in [-0.25, -0.2) is 0 Å². The summed E-state index contributed by atoms with van der Waals surface area (Å²) in [6.45, 7) is 5.53. The lowest BCUT2D eigenvalue weighted by molar-refractivity contribution is -0.124. The fourth-order valence-corrected chi connectivity index (χ4v) is 2.02. The van der Waals surface area contributed by atoms with Crippen molar-refractivity contribution in [2.24, 2.45) is 5.92 Å². The lowest BCUT2D eigenvalue weighted by atomic mass is 9.96. The molecule has 0 bridgehead atoms. The first-order valence-electron chi connectivity index (χ1n) is 6.66. The number of amides is 1. The van der Waals surface area contributed by atoms with E-state index < -0.39 is 0 Å². The number of carbonyl (C=O) groups excluding carboxylic acids is 1. The molecular formula is C15H25ClN2O. The van der Waals surface area contributed by atoms with Gasteiger partial charge in [-0.05, 0) is 19.0 Å². The average Bonchev–Trinajstić information content (AvgIpc) is 2.40. The Kier molecular flexibility index (Phi) is 9.27. The Morgan fingerprint density at radius 1 is 1.21 bits per heavy atom. The van der Waals surface area contributed by atoms with Gasteiger partial charge in [0.2, 0.25) is 5.91 Å². The van der Waals surface area contributed by atoms with Crippen molar-refractivity contribution in [3.05, 3.63) is 35.9 Å². The zero-order valence-electron chi connectivity index (χ0n) is 12.0. The molecule has 2 unspecified atom stereocenters. The molecule has 1 amide bonds. The molecule has 0 fully saturated rings. The van der Waals surface area contributed by atoms with Crippen LogP contribution in [0.3, 0.4) is 0 Å². The standard InChI is InChI=1S/C15H24N2O.ClH/c1-4-13(14-8-6-5-7-9-14)11-17-15(18)12(2)10-16-3;/h5-9,12-13,16H,4,10-11H2,1-3H3,(H,17,18);1H. The molecular weight excluding hydrogens is 260 g/mol. The van der Waals surface area contributed by atoms with Gasteiger partial charge < -0.3 is 10.6 Å². The van der Waals surface area contributed by atoms with Crippen LogP contribution in [0.25, 0.3) is 0 Å². The third-order valence-electron chi connectivity index (χ3n) is 3.24. The fourth-order valence-electron chi connectivity index (χ4n) is 2.02. The SMILES string of the molecule is CCC(CNC(=O)C(C)CNC)c1ccccc1.Cl. The topological polar surface area (TPSA) is 41.1 Å². The molecule has 0 radical (unpaired) electrons. The van der Waals surface area contributed by atoms with Gasteiger partial charge in [0.25, 0.3) is 0 Å². The van der Waals surface area contributed by atoms with Crippen molar-refractivity contribution in [3.63, 3.8) is 0 Å². The van der Waals surface area contributed by atoms with E-state index in [1.54, 1.807) is 0 Å². The van der Waals surface area contributed by atoms with Crippen LogP contribution in [0.2, 0.25) is 0 Å². The minimum Gasteiger partial charge on any atom is -0.355 e. The number of hydrogen-bond donors (Lipinski definition) is 2. The van der Waals surface area contributed by atoms with Gasteiger partial charge in [-0.1, -0.05) is 44.2 Å². The van der Waals surface area contributed by atoms with Gasteiger partial charge in [-0.2, -0.15) is 0 Å². The predicted molar refractivity (Wildman–Crippen MR) is 82.8 cm³/mol. The maximum absolute atomic E-state index is 11.8. The summed E-state index contributed by atoms with van der Waals surface area (Å²) in [7, 11) is 1.86. The fraction of sp³-hybridized carbons (Fsp3) is 0.533. The normalized spacial score (nSPS) is 13.2. The van der Waals surface area contributed by atoms with Gasteiger partial charge in [0.1, 0.15) is 0 Å². The average molecular weight is 285 g/mol. The number of hydrogen-bond acceptors (Lipinski definition) is 2. The summed E-state index contributed by atoms with van der Waals surface area (Å²) in [6.07, 6.45) is 1.03. The van der Waals surface area contributed by atoms with Gasteiger partial charge in [0, 0.05) is 24.9 Å². The van der Waals surface area contributed by atoms with Crippen molar-refractivity contribution in [1.29, 1.82) is 0 Å². The maximum atomic E-state index is 11.8. The highest BCUT2D eigenvalue weighted by Crippen LogP contribution is 2.17. The Bertz CT molecular complexity index is 356. The second-order valence-corrected chi connectivity index (χ2v) is 4.72. The maximum Gasteiger partial charge on any atom is 0.224 e. The number of carbonyl (C=O) groups is 1.